The molecule has 0 aliphatic rings. The molecule has 0 aromatic heterocycles. The maximum absolute atomic E-state index is 6.13. The van der Waals surface area contributed by atoms with Crippen LogP contribution in [-0.4, -0.2) is 0 Å². The fourth-order valence-electron chi connectivity index (χ4n) is 1.75. The highest BCUT2D eigenvalue weighted by Crippen LogP contribution is 2.25. The van der Waals surface area contributed by atoms with E-state index in [1.54, 1.807) is 0 Å². The van der Waals surface area contributed by atoms with E-state index >= 15 is 0 Å². The summed E-state index contributed by atoms with van der Waals surface area (Å²) in [6, 6.07) is 14.1. The average molecular weight is 278 g/mol. The van der Waals surface area contributed by atoms with Crippen molar-refractivity contribution in [1.29, 1.82) is 0 Å². The fraction of sp³-hybridized carbons (Fsp3) is 0.200. The molecule has 1 nitrogen and oxygen atoms in total. The van der Waals surface area contributed by atoms with Gasteiger partial charge in [0.25, 0.3) is 0 Å². The van der Waals surface area contributed by atoms with E-state index in [1.807, 2.05) is 42.1 Å². The number of thioether (sulfide) groups is 1. The Kier molecular flexibility index (Phi) is 4.56. The van der Waals surface area contributed by atoms with Gasteiger partial charge < -0.3 is 5.73 Å². The van der Waals surface area contributed by atoms with Crippen molar-refractivity contribution in [3.63, 3.8) is 0 Å². The van der Waals surface area contributed by atoms with Crippen molar-refractivity contribution < 1.29 is 0 Å². The SMILES string of the molecule is Cc1c(N)cccc1CSCc1ccccc1Cl. The van der Waals surface area contributed by atoms with Gasteiger partial charge in [0, 0.05) is 22.2 Å². The molecule has 0 unspecified atom stereocenters. The molecule has 0 aliphatic heterocycles. The summed E-state index contributed by atoms with van der Waals surface area (Å²) in [5, 5.41) is 0.842. The lowest BCUT2D eigenvalue weighted by Gasteiger charge is -2.08. The molecule has 0 heterocycles. The molecule has 2 N–H and O–H groups in total. The topological polar surface area (TPSA) is 26.0 Å². The van der Waals surface area contributed by atoms with E-state index in [2.05, 4.69) is 19.1 Å². The van der Waals surface area contributed by atoms with Gasteiger partial charge in [0.05, 0.1) is 0 Å². The van der Waals surface area contributed by atoms with Crippen LogP contribution in [-0.2, 0) is 11.5 Å². The van der Waals surface area contributed by atoms with E-state index in [-0.39, 0.29) is 0 Å². The van der Waals surface area contributed by atoms with Gasteiger partial charge in [0.15, 0.2) is 0 Å². The molecule has 0 atom stereocenters. The van der Waals surface area contributed by atoms with Crippen LogP contribution in [0.3, 0.4) is 0 Å². The smallest absolute Gasteiger partial charge is 0.0446 e. The summed E-state index contributed by atoms with van der Waals surface area (Å²) in [5.41, 5.74) is 10.4. The lowest BCUT2D eigenvalue weighted by molar-refractivity contribution is 1.30. The molecule has 18 heavy (non-hydrogen) atoms. The summed E-state index contributed by atoms with van der Waals surface area (Å²) >= 11 is 7.99. The molecule has 0 bridgehead atoms. The second-order valence-electron chi connectivity index (χ2n) is 4.22. The lowest BCUT2D eigenvalue weighted by atomic mass is 10.1. The minimum Gasteiger partial charge on any atom is -0.399 e. The number of nitrogens with two attached hydrogens (primary N) is 1. The minimum atomic E-state index is 0.842. The Morgan fingerprint density at radius 2 is 1.67 bits per heavy atom. The molecule has 0 amide bonds. The van der Waals surface area contributed by atoms with E-state index < -0.39 is 0 Å². The molecule has 0 saturated heterocycles. The molecular formula is C15H16ClNS. The molecule has 3 heteroatoms. The number of rotatable bonds is 4. The van der Waals surface area contributed by atoms with E-state index in [4.69, 9.17) is 17.3 Å². The van der Waals surface area contributed by atoms with Crippen molar-refractivity contribution in [3.05, 3.63) is 64.2 Å². The van der Waals surface area contributed by atoms with Gasteiger partial charge in [0.2, 0.25) is 0 Å². The third-order valence-electron chi connectivity index (χ3n) is 2.96. The largest absolute Gasteiger partial charge is 0.399 e. The Morgan fingerprint density at radius 3 is 2.44 bits per heavy atom. The molecule has 0 saturated carbocycles. The Bertz CT molecular complexity index is 540. The van der Waals surface area contributed by atoms with Gasteiger partial charge in [-0.1, -0.05) is 41.9 Å². The van der Waals surface area contributed by atoms with E-state index in [0.717, 1.165) is 22.2 Å². The zero-order chi connectivity index (χ0) is 13.0. The van der Waals surface area contributed by atoms with Gasteiger partial charge in [-0.15, -0.1) is 0 Å². The zero-order valence-electron chi connectivity index (χ0n) is 10.3. The van der Waals surface area contributed by atoms with Gasteiger partial charge >= 0.3 is 0 Å². The van der Waals surface area contributed by atoms with Crippen LogP contribution in [0.1, 0.15) is 16.7 Å². The highest BCUT2D eigenvalue weighted by atomic mass is 35.5. The fourth-order valence-corrected chi connectivity index (χ4v) is 3.13. The first-order chi connectivity index (χ1) is 8.68. The standard InChI is InChI=1S/C15H16ClNS/c1-11-12(6-4-8-15(11)17)9-18-10-13-5-2-3-7-14(13)16/h2-8H,9-10,17H2,1H3. The second kappa shape index (κ2) is 6.17. The molecule has 94 valence electrons. The molecule has 2 aromatic rings. The third kappa shape index (κ3) is 3.21. The third-order valence-corrected chi connectivity index (χ3v) is 4.36. The van der Waals surface area contributed by atoms with Crippen molar-refractivity contribution in [2.24, 2.45) is 0 Å². The van der Waals surface area contributed by atoms with Crippen LogP contribution in [0.25, 0.3) is 0 Å². The normalized spacial score (nSPS) is 10.6. The van der Waals surface area contributed by atoms with Gasteiger partial charge in [-0.2, -0.15) is 11.8 Å². The summed E-state index contributed by atoms with van der Waals surface area (Å²) in [6.45, 7) is 2.07. The highest BCUT2D eigenvalue weighted by Gasteiger charge is 2.03. The van der Waals surface area contributed by atoms with Gasteiger partial charge in [-0.3, -0.25) is 0 Å². The van der Waals surface area contributed by atoms with Crippen LogP contribution in [0.15, 0.2) is 42.5 Å². The van der Waals surface area contributed by atoms with Gasteiger partial charge in [0.1, 0.15) is 0 Å². The average Bonchev–Trinajstić information content (AvgIpc) is 2.37. The molecule has 0 fully saturated rings. The van der Waals surface area contributed by atoms with Crippen LogP contribution < -0.4 is 5.73 Å². The number of anilines is 1. The number of nitrogen functional groups attached to an aromatic ring is 1. The Morgan fingerprint density at radius 1 is 1.00 bits per heavy atom. The first kappa shape index (κ1) is 13.3. The predicted molar refractivity (Wildman–Crippen MR) is 82.0 cm³/mol. The van der Waals surface area contributed by atoms with Crippen molar-refractivity contribution in [2.75, 3.05) is 5.73 Å². The molecule has 0 radical (unpaired) electrons. The van der Waals surface area contributed by atoms with E-state index in [1.165, 1.54) is 16.7 Å². The Labute approximate surface area is 117 Å². The number of benzene rings is 2. The predicted octanol–water partition coefficient (Wildman–Crippen LogP) is 4.66. The molecule has 0 spiro atoms. The minimum absolute atomic E-state index is 0.842. The summed E-state index contributed by atoms with van der Waals surface area (Å²) in [6.07, 6.45) is 0. The summed E-state index contributed by atoms with van der Waals surface area (Å²) < 4.78 is 0. The molecule has 0 aliphatic carbocycles. The first-order valence-electron chi connectivity index (χ1n) is 5.83. The van der Waals surface area contributed by atoms with E-state index in [9.17, 15) is 0 Å². The van der Waals surface area contributed by atoms with Crippen LogP contribution in [0.2, 0.25) is 5.02 Å². The number of hydrogen-bond acceptors (Lipinski definition) is 2. The maximum atomic E-state index is 6.13. The van der Waals surface area contributed by atoms with Crippen molar-refractivity contribution >= 4 is 29.1 Å². The highest BCUT2D eigenvalue weighted by molar-refractivity contribution is 7.97. The quantitative estimate of drug-likeness (QED) is 0.822. The van der Waals surface area contributed by atoms with Crippen LogP contribution in [0.5, 0.6) is 0 Å². The Hall–Kier alpha value is -1.12. The maximum Gasteiger partial charge on any atom is 0.0446 e. The van der Waals surface area contributed by atoms with Gasteiger partial charge in [-0.25, -0.2) is 0 Å². The Balaban J connectivity index is 1.97. The van der Waals surface area contributed by atoms with Crippen LogP contribution >= 0.6 is 23.4 Å². The first-order valence-corrected chi connectivity index (χ1v) is 7.37. The lowest BCUT2D eigenvalue weighted by Crippen LogP contribution is -1.94. The van der Waals surface area contributed by atoms with Gasteiger partial charge in [-0.05, 0) is 35.7 Å². The van der Waals surface area contributed by atoms with Crippen molar-refractivity contribution in [3.8, 4) is 0 Å². The molecular weight excluding hydrogens is 262 g/mol. The van der Waals surface area contributed by atoms with E-state index in [0.29, 0.717) is 0 Å². The van der Waals surface area contributed by atoms with Crippen LogP contribution in [0.4, 0.5) is 5.69 Å². The van der Waals surface area contributed by atoms with Crippen molar-refractivity contribution in [1.82, 2.24) is 0 Å². The number of hydrogen-bond donors (Lipinski definition) is 1. The van der Waals surface area contributed by atoms with Crippen molar-refractivity contribution in [2.45, 2.75) is 18.4 Å². The summed E-state index contributed by atoms with van der Waals surface area (Å²) in [5.74, 6) is 1.88. The second-order valence-corrected chi connectivity index (χ2v) is 5.61. The summed E-state index contributed by atoms with van der Waals surface area (Å²) in [4.78, 5) is 0. The zero-order valence-corrected chi connectivity index (χ0v) is 11.9. The molecule has 2 aromatic carbocycles. The monoisotopic (exact) mass is 277 g/mol. The number of halogens is 1. The molecule has 2 rings (SSSR count). The van der Waals surface area contributed by atoms with Crippen LogP contribution in [0, 0.1) is 6.92 Å². The summed E-state index contributed by atoms with van der Waals surface area (Å²) in [7, 11) is 0.